The number of benzene rings is 1. The molecule has 1 aromatic carbocycles. The predicted octanol–water partition coefficient (Wildman–Crippen LogP) is 3.04. The van der Waals surface area contributed by atoms with Crippen LogP contribution in [0.4, 0.5) is 5.82 Å². The highest BCUT2D eigenvalue weighted by Crippen LogP contribution is 2.27. The van der Waals surface area contributed by atoms with Crippen molar-refractivity contribution in [2.24, 2.45) is 5.92 Å². The highest BCUT2D eigenvalue weighted by Gasteiger charge is 2.27. The van der Waals surface area contributed by atoms with E-state index in [1.54, 1.807) is 0 Å². The molecule has 0 bridgehead atoms. The Morgan fingerprint density at radius 3 is 2.76 bits per heavy atom. The Bertz CT molecular complexity index is 646. The first-order valence-corrected chi connectivity index (χ1v) is 7.34. The van der Waals surface area contributed by atoms with Crippen LogP contribution in [-0.4, -0.2) is 28.8 Å². The lowest BCUT2D eigenvalue weighted by Gasteiger charge is -2.21. The van der Waals surface area contributed by atoms with Gasteiger partial charge in [0.1, 0.15) is 11.6 Å². The van der Waals surface area contributed by atoms with Gasteiger partial charge in [0, 0.05) is 18.2 Å². The van der Waals surface area contributed by atoms with Gasteiger partial charge in [0.25, 0.3) is 5.91 Å². The number of hydrogen-bond donors (Lipinski definition) is 1. The van der Waals surface area contributed by atoms with Gasteiger partial charge in [-0.25, -0.2) is 0 Å². The Hall–Kier alpha value is -2.30. The molecule has 5 heteroatoms. The van der Waals surface area contributed by atoms with Gasteiger partial charge in [0.15, 0.2) is 0 Å². The van der Waals surface area contributed by atoms with Crippen molar-refractivity contribution in [3.8, 4) is 17.0 Å². The van der Waals surface area contributed by atoms with E-state index in [-0.39, 0.29) is 11.8 Å². The van der Waals surface area contributed by atoms with Crippen molar-refractivity contribution in [2.45, 2.75) is 20.3 Å². The summed E-state index contributed by atoms with van der Waals surface area (Å²) in [5.74, 6) is 1.69. The molecule has 0 aliphatic carbocycles. The first-order valence-electron chi connectivity index (χ1n) is 7.34. The average molecular weight is 285 g/mol. The van der Waals surface area contributed by atoms with E-state index in [1.165, 1.54) is 4.68 Å². The normalized spacial score (nSPS) is 17.2. The van der Waals surface area contributed by atoms with Crippen molar-refractivity contribution in [3.63, 3.8) is 0 Å². The van der Waals surface area contributed by atoms with Crippen LogP contribution in [0.15, 0.2) is 30.3 Å². The van der Waals surface area contributed by atoms with Gasteiger partial charge in [0.2, 0.25) is 0 Å². The average Bonchev–Trinajstić information content (AvgIpc) is 2.94. The van der Waals surface area contributed by atoms with Crippen molar-refractivity contribution >= 4 is 11.7 Å². The van der Waals surface area contributed by atoms with Crippen molar-refractivity contribution in [1.29, 1.82) is 0 Å². The Balaban J connectivity index is 1.89. The molecule has 2 heterocycles. The van der Waals surface area contributed by atoms with Crippen molar-refractivity contribution in [1.82, 2.24) is 9.78 Å². The maximum atomic E-state index is 12.3. The van der Waals surface area contributed by atoms with Crippen LogP contribution in [0.2, 0.25) is 0 Å². The number of carbonyl (C=O) groups is 1. The summed E-state index contributed by atoms with van der Waals surface area (Å²) in [5, 5.41) is 7.71. The van der Waals surface area contributed by atoms with Gasteiger partial charge in [0.05, 0.1) is 18.2 Å². The van der Waals surface area contributed by atoms with Crippen LogP contribution in [-0.2, 0) is 0 Å². The second-order valence-corrected chi connectivity index (χ2v) is 5.11. The first kappa shape index (κ1) is 13.7. The molecule has 3 rings (SSSR count). The number of nitrogens with one attached hydrogen (secondary N) is 1. The summed E-state index contributed by atoms with van der Waals surface area (Å²) in [6.45, 7) is 5.31. The molecule has 1 aromatic heterocycles. The van der Waals surface area contributed by atoms with Crippen LogP contribution >= 0.6 is 0 Å². The number of aromatic nitrogens is 2. The van der Waals surface area contributed by atoms with E-state index in [1.807, 2.05) is 44.2 Å². The fourth-order valence-electron chi connectivity index (χ4n) is 2.51. The minimum absolute atomic E-state index is 0.00517. The van der Waals surface area contributed by atoms with Crippen molar-refractivity contribution in [2.75, 3.05) is 18.5 Å². The van der Waals surface area contributed by atoms with E-state index in [0.29, 0.717) is 13.2 Å². The predicted molar refractivity (Wildman–Crippen MR) is 81.7 cm³/mol. The second-order valence-electron chi connectivity index (χ2n) is 5.11. The van der Waals surface area contributed by atoms with Gasteiger partial charge >= 0.3 is 0 Å². The number of fused-ring (bicyclic) bond motifs is 1. The zero-order chi connectivity index (χ0) is 14.8. The Morgan fingerprint density at radius 1 is 1.33 bits per heavy atom. The van der Waals surface area contributed by atoms with Gasteiger partial charge in [-0.05, 0) is 37.6 Å². The maximum Gasteiger partial charge on any atom is 0.253 e. The SMILES string of the molecule is CCOc1ccc(-c2cc3n(n2)C(=O)C(CC)CN3)cc1. The Kier molecular flexibility index (Phi) is 3.64. The van der Waals surface area contributed by atoms with Crippen LogP contribution in [0.5, 0.6) is 5.75 Å². The largest absolute Gasteiger partial charge is 0.494 e. The van der Waals surface area contributed by atoms with Gasteiger partial charge < -0.3 is 10.1 Å². The molecule has 0 saturated heterocycles. The van der Waals surface area contributed by atoms with E-state index in [0.717, 1.165) is 29.2 Å². The van der Waals surface area contributed by atoms with Gasteiger partial charge in [-0.3, -0.25) is 4.79 Å². The molecule has 21 heavy (non-hydrogen) atoms. The monoisotopic (exact) mass is 285 g/mol. The molecule has 2 aromatic rings. The summed E-state index contributed by atoms with van der Waals surface area (Å²) in [5.41, 5.74) is 1.77. The lowest BCUT2D eigenvalue weighted by atomic mass is 10.0. The molecule has 1 atom stereocenters. The minimum Gasteiger partial charge on any atom is -0.494 e. The number of carbonyl (C=O) groups excluding carboxylic acids is 1. The highest BCUT2D eigenvalue weighted by molar-refractivity contribution is 5.87. The number of ether oxygens (including phenoxy) is 1. The lowest BCUT2D eigenvalue weighted by molar-refractivity contribution is 0.0813. The van der Waals surface area contributed by atoms with Crippen LogP contribution in [0.3, 0.4) is 0 Å². The zero-order valence-corrected chi connectivity index (χ0v) is 12.3. The topological polar surface area (TPSA) is 56.2 Å². The number of nitrogens with zero attached hydrogens (tertiary/aromatic N) is 2. The summed E-state index contributed by atoms with van der Waals surface area (Å²) in [4.78, 5) is 12.3. The highest BCUT2D eigenvalue weighted by atomic mass is 16.5. The summed E-state index contributed by atoms with van der Waals surface area (Å²) in [6, 6.07) is 9.67. The molecule has 0 spiro atoms. The Labute approximate surface area is 123 Å². The van der Waals surface area contributed by atoms with E-state index < -0.39 is 0 Å². The molecular weight excluding hydrogens is 266 g/mol. The van der Waals surface area contributed by atoms with Crippen molar-refractivity contribution in [3.05, 3.63) is 30.3 Å². The van der Waals surface area contributed by atoms with Gasteiger partial charge in [-0.15, -0.1) is 0 Å². The van der Waals surface area contributed by atoms with E-state index in [9.17, 15) is 4.79 Å². The summed E-state index contributed by atoms with van der Waals surface area (Å²) in [6.07, 6.45) is 0.823. The fraction of sp³-hybridized carbons (Fsp3) is 0.375. The molecular formula is C16H19N3O2. The van der Waals surface area contributed by atoms with Crippen LogP contribution < -0.4 is 10.1 Å². The Morgan fingerprint density at radius 2 is 2.10 bits per heavy atom. The standard InChI is InChI=1S/C16H19N3O2/c1-3-11-10-17-15-9-14(18-19(15)16(11)20)12-5-7-13(8-6-12)21-4-2/h5-9,11,17H,3-4,10H2,1-2H3. The molecule has 0 saturated carbocycles. The van der Waals surface area contributed by atoms with Crippen molar-refractivity contribution < 1.29 is 9.53 Å². The molecule has 1 aliphatic heterocycles. The first-order chi connectivity index (χ1) is 10.2. The minimum atomic E-state index is 0.00517. The lowest BCUT2D eigenvalue weighted by Crippen LogP contribution is -2.34. The summed E-state index contributed by atoms with van der Waals surface area (Å²) in [7, 11) is 0. The molecule has 0 fully saturated rings. The molecule has 1 unspecified atom stereocenters. The van der Waals surface area contributed by atoms with Gasteiger partial charge in [-0.2, -0.15) is 9.78 Å². The number of anilines is 1. The smallest absolute Gasteiger partial charge is 0.253 e. The summed E-state index contributed by atoms with van der Waals surface area (Å²) >= 11 is 0. The summed E-state index contributed by atoms with van der Waals surface area (Å²) < 4.78 is 6.92. The molecule has 5 nitrogen and oxygen atoms in total. The maximum absolute atomic E-state index is 12.3. The van der Waals surface area contributed by atoms with E-state index >= 15 is 0 Å². The third-order valence-corrected chi connectivity index (χ3v) is 3.75. The zero-order valence-electron chi connectivity index (χ0n) is 12.3. The van der Waals surface area contributed by atoms with Crippen LogP contribution in [0.1, 0.15) is 25.1 Å². The number of rotatable bonds is 4. The van der Waals surface area contributed by atoms with Gasteiger partial charge in [-0.1, -0.05) is 6.92 Å². The molecule has 1 aliphatic rings. The third kappa shape index (κ3) is 2.51. The van der Waals surface area contributed by atoms with Crippen LogP contribution in [0, 0.1) is 5.92 Å². The van der Waals surface area contributed by atoms with E-state index in [4.69, 9.17) is 4.74 Å². The van der Waals surface area contributed by atoms with Crippen LogP contribution in [0.25, 0.3) is 11.3 Å². The molecule has 0 amide bonds. The van der Waals surface area contributed by atoms with E-state index in [2.05, 4.69) is 10.4 Å². The molecule has 0 radical (unpaired) electrons. The molecule has 110 valence electrons. The second kappa shape index (κ2) is 5.60. The fourth-order valence-corrected chi connectivity index (χ4v) is 2.51. The quantitative estimate of drug-likeness (QED) is 0.938. The number of hydrogen-bond acceptors (Lipinski definition) is 4. The molecule has 1 N–H and O–H groups in total. The third-order valence-electron chi connectivity index (χ3n) is 3.75.